The Labute approximate surface area is 114 Å². The summed E-state index contributed by atoms with van der Waals surface area (Å²) < 4.78 is 0. The van der Waals surface area contributed by atoms with E-state index in [0.29, 0.717) is 6.04 Å². The fourth-order valence-corrected chi connectivity index (χ4v) is 2.07. The lowest BCUT2D eigenvalue weighted by Gasteiger charge is -2.14. The fraction of sp³-hybridized carbons (Fsp3) is 0.250. The Hall–Kier alpha value is -1.31. The van der Waals surface area contributed by atoms with Crippen molar-refractivity contribution < 1.29 is 0 Å². The van der Waals surface area contributed by atoms with E-state index in [1.54, 1.807) is 0 Å². The van der Waals surface area contributed by atoms with Crippen molar-refractivity contribution in [3.8, 4) is 0 Å². The topological polar surface area (TPSA) is 12.0 Å². The van der Waals surface area contributed by atoms with Crippen molar-refractivity contribution in [3.63, 3.8) is 0 Å². The van der Waals surface area contributed by atoms with Crippen molar-refractivity contribution in [2.45, 2.75) is 26.4 Å². The van der Waals surface area contributed by atoms with Gasteiger partial charge in [0.05, 0.1) is 0 Å². The monoisotopic (exact) mass is 259 g/mol. The normalized spacial score (nSPS) is 12.4. The van der Waals surface area contributed by atoms with Crippen molar-refractivity contribution in [3.05, 3.63) is 70.2 Å². The van der Waals surface area contributed by atoms with Gasteiger partial charge in [-0.15, -0.1) is 0 Å². The summed E-state index contributed by atoms with van der Waals surface area (Å²) in [4.78, 5) is 0. The summed E-state index contributed by atoms with van der Waals surface area (Å²) >= 11 is 6.00. The maximum atomic E-state index is 6.00. The maximum Gasteiger partial charge on any atom is 0.0409 e. The summed E-state index contributed by atoms with van der Waals surface area (Å²) in [6.45, 7) is 5.12. The first-order valence-electron chi connectivity index (χ1n) is 6.19. The molecule has 0 unspecified atom stereocenters. The highest BCUT2D eigenvalue weighted by Gasteiger charge is 2.04. The Bertz CT molecular complexity index is 505. The summed E-state index contributed by atoms with van der Waals surface area (Å²) in [5.74, 6) is 0. The van der Waals surface area contributed by atoms with Gasteiger partial charge < -0.3 is 5.32 Å². The molecule has 1 atom stereocenters. The number of hydrogen-bond donors (Lipinski definition) is 1. The third-order valence-corrected chi connectivity index (χ3v) is 3.32. The molecule has 0 amide bonds. The minimum atomic E-state index is 0.296. The molecule has 0 aliphatic heterocycles. The Balaban J connectivity index is 1.96. The van der Waals surface area contributed by atoms with Crippen LogP contribution in [-0.4, -0.2) is 0 Å². The summed E-state index contributed by atoms with van der Waals surface area (Å²) in [6, 6.07) is 16.9. The van der Waals surface area contributed by atoms with Crippen molar-refractivity contribution in [1.29, 1.82) is 0 Å². The van der Waals surface area contributed by atoms with Crippen LogP contribution in [0.25, 0.3) is 0 Å². The Morgan fingerprint density at radius 1 is 1.11 bits per heavy atom. The molecule has 0 aliphatic rings. The number of hydrogen-bond acceptors (Lipinski definition) is 1. The second kappa shape index (κ2) is 6.03. The molecule has 0 aromatic heterocycles. The zero-order valence-corrected chi connectivity index (χ0v) is 11.5. The largest absolute Gasteiger partial charge is 0.306 e. The molecule has 94 valence electrons. The number of nitrogens with one attached hydrogen (secondary N) is 1. The van der Waals surface area contributed by atoms with Crippen LogP contribution in [0.3, 0.4) is 0 Å². The minimum Gasteiger partial charge on any atom is -0.306 e. The predicted octanol–water partition coefficient (Wildman–Crippen LogP) is 4.50. The number of aryl methyl sites for hydroxylation is 1. The highest BCUT2D eigenvalue weighted by Crippen LogP contribution is 2.17. The molecule has 0 heterocycles. The van der Waals surface area contributed by atoms with E-state index < -0.39 is 0 Å². The molecule has 2 aromatic carbocycles. The van der Waals surface area contributed by atoms with Crippen molar-refractivity contribution >= 4 is 11.6 Å². The smallest absolute Gasteiger partial charge is 0.0409 e. The first kappa shape index (κ1) is 13.1. The van der Waals surface area contributed by atoms with E-state index in [9.17, 15) is 0 Å². The summed E-state index contributed by atoms with van der Waals surface area (Å²) in [7, 11) is 0. The van der Waals surface area contributed by atoms with Crippen LogP contribution in [0.5, 0.6) is 0 Å². The third-order valence-electron chi connectivity index (χ3n) is 3.08. The van der Waals surface area contributed by atoms with E-state index in [0.717, 1.165) is 11.6 Å². The lowest BCUT2D eigenvalue weighted by Crippen LogP contribution is -2.17. The van der Waals surface area contributed by atoms with Crippen LogP contribution in [0.4, 0.5) is 0 Å². The lowest BCUT2D eigenvalue weighted by atomic mass is 10.1. The van der Waals surface area contributed by atoms with Gasteiger partial charge in [-0.3, -0.25) is 0 Å². The highest BCUT2D eigenvalue weighted by atomic mass is 35.5. The van der Waals surface area contributed by atoms with Gasteiger partial charge in [-0.2, -0.15) is 0 Å². The first-order valence-corrected chi connectivity index (χ1v) is 6.57. The molecule has 0 fully saturated rings. The van der Waals surface area contributed by atoms with E-state index in [-0.39, 0.29) is 0 Å². The average molecular weight is 260 g/mol. The minimum absolute atomic E-state index is 0.296. The maximum absolute atomic E-state index is 6.00. The van der Waals surface area contributed by atoms with Gasteiger partial charge in [0.1, 0.15) is 0 Å². The Morgan fingerprint density at radius 3 is 2.50 bits per heavy atom. The standard InChI is InChI=1S/C16H18ClN/c1-12-6-8-14(9-7-12)11-18-13(2)15-4-3-5-16(17)10-15/h3-10,13,18H,11H2,1-2H3/t13-/m0/s1. The number of rotatable bonds is 4. The van der Waals surface area contributed by atoms with Gasteiger partial charge in [-0.1, -0.05) is 53.6 Å². The third kappa shape index (κ3) is 3.59. The van der Waals surface area contributed by atoms with Crippen LogP contribution in [-0.2, 0) is 6.54 Å². The summed E-state index contributed by atoms with van der Waals surface area (Å²) in [5, 5.41) is 4.29. The molecule has 0 aliphatic carbocycles. The quantitative estimate of drug-likeness (QED) is 0.853. The number of benzene rings is 2. The van der Waals surface area contributed by atoms with E-state index >= 15 is 0 Å². The van der Waals surface area contributed by atoms with Crippen LogP contribution >= 0.6 is 11.6 Å². The molecule has 0 saturated carbocycles. The molecule has 18 heavy (non-hydrogen) atoms. The van der Waals surface area contributed by atoms with Gasteiger partial charge in [0.2, 0.25) is 0 Å². The molecule has 1 nitrogen and oxygen atoms in total. The second-order valence-corrected chi connectivity index (χ2v) is 5.08. The molecule has 2 aromatic rings. The average Bonchev–Trinajstić information content (AvgIpc) is 2.38. The molecule has 1 N–H and O–H groups in total. The lowest BCUT2D eigenvalue weighted by molar-refractivity contribution is 0.575. The van der Waals surface area contributed by atoms with Gasteiger partial charge >= 0.3 is 0 Å². The molecule has 0 spiro atoms. The van der Waals surface area contributed by atoms with Gasteiger partial charge in [-0.05, 0) is 37.1 Å². The van der Waals surface area contributed by atoms with Crippen molar-refractivity contribution in [2.75, 3.05) is 0 Å². The van der Waals surface area contributed by atoms with Crippen molar-refractivity contribution in [2.24, 2.45) is 0 Å². The van der Waals surface area contributed by atoms with Gasteiger partial charge in [0, 0.05) is 17.6 Å². The first-order chi connectivity index (χ1) is 8.65. The SMILES string of the molecule is Cc1ccc(CN[C@@H](C)c2cccc(Cl)c2)cc1. The Kier molecular flexibility index (Phi) is 4.40. The van der Waals surface area contributed by atoms with E-state index in [1.165, 1.54) is 16.7 Å². The van der Waals surface area contributed by atoms with Crippen LogP contribution < -0.4 is 5.32 Å². The molecule has 2 heteroatoms. The highest BCUT2D eigenvalue weighted by molar-refractivity contribution is 6.30. The van der Waals surface area contributed by atoms with Gasteiger partial charge in [0.25, 0.3) is 0 Å². The van der Waals surface area contributed by atoms with E-state index in [1.807, 2.05) is 18.2 Å². The van der Waals surface area contributed by atoms with Gasteiger partial charge in [-0.25, -0.2) is 0 Å². The predicted molar refractivity (Wildman–Crippen MR) is 77.9 cm³/mol. The fourth-order valence-electron chi connectivity index (χ4n) is 1.87. The van der Waals surface area contributed by atoms with Crippen LogP contribution in [0.1, 0.15) is 29.7 Å². The van der Waals surface area contributed by atoms with Crippen LogP contribution in [0.2, 0.25) is 5.02 Å². The second-order valence-electron chi connectivity index (χ2n) is 4.64. The molecule has 0 bridgehead atoms. The zero-order valence-electron chi connectivity index (χ0n) is 10.8. The summed E-state index contributed by atoms with van der Waals surface area (Å²) in [6.07, 6.45) is 0. The molecular formula is C16H18ClN. The summed E-state index contributed by atoms with van der Waals surface area (Å²) in [5.41, 5.74) is 3.81. The van der Waals surface area contributed by atoms with E-state index in [4.69, 9.17) is 11.6 Å². The molecular weight excluding hydrogens is 242 g/mol. The van der Waals surface area contributed by atoms with Crippen LogP contribution in [0, 0.1) is 6.92 Å². The van der Waals surface area contributed by atoms with Crippen molar-refractivity contribution in [1.82, 2.24) is 5.32 Å². The molecule has 0 saturated heterocycles. The zero-order chi connectivity index (χ0) is 13.0. The molecule has 2 rings (SSSR count). The molecule has 0 radical (unpaired) electrons. The Morgan fingerprint density at radius 2 is 1.83 bits per heavy atom. The van der Waals surface area contributed by atoms with E-state index in [2.05, 4.69) is 49.5 Å². The number of halogens is 1. The van der Waals surface area contributed by atoms with Gasteiger partial charge in [0.15, 0.2) is 0 Å². The van der Waals surface area contributed by atoms with Crippen LogP contribution in [0.15, 0.2) is 48.5 Å².